The molecular weight excluding hydrogens is 433 g/mol. The first kappa shape index (κ1) is 20.1. The third-order valence-corrected chi connectivity index (χ3v) is 5.91. The zero-order valence-electron chi connectivity index (χ0n) is 15.9. The minimum absolute atomic E-state index is 0.286. The van der Waals surface area contributed by atoms with Crippen LogP contribution in [0.2, 0.25) is 5.02 Å². The molecule has 2 aromatic carbocycles. The summed E-state index contributed by atoms with van der Waals surface area (Å²) in [4.78, 5) is 29.6. The summed E-state index contributed by atoms with van der Waals surface area (Å²) in [6.45, 7) is -0.286. The molecule has 0 bridgehead atoms. The van der Waals surface area contributed by atoms with Crippen molar-refractivity contribution in [1.82, 2.24) is 9.55 Å². The molecule has 2 heterocycles. The molecule has 0 radical (unpaired) electrons. The Labute approximate surface area is 178 Å². The van der Waals surface area contributed by atoms with Crippen LogP contribution in [0.5, 0.6) is 11.5 Å². The van der Waals surface area contributed by atoms with Crippen molar-refractivity contribution in [3.05, 3.63) is 57.9 Å². The van der Waals surface area contributed by atoms with Gasteiger partial charge in [-0.05, 0) is 18.2 Å². The first-order chi connectivity index (χ1) is 14.4. The molecule has 10 heteroatoms. The lowest BCUT2D eigenvalue weighted by Crippen LogP contribution is -2.27. The van der Waals surface area contributed by atoms with Crippen LogP contribution in [-0.4, -0.2) is 29.7 Å². The lowest BCUT2D eigenvalue weighted by Gasteiger charge is -2.13. The molecule has 0 aliphatic carbocycles. The number of rotatable bonds is 5. The number of ether oxygens (including phenoxy) is 2. The average Bonchev–Trinajstić information content (AvgIpc) is 3.11. The number of nitrogens with zero attached hydrogens (tertiary/aromatic N) is 2. The highest BCUT2D eigenvalue weighted by Crippen LogP contribution is 2.36. The normalized spacial score (nSPS) is 11.1. The van der Waals surface area contributed by atoms with E-state index < -0.39 is 17.3 Å². The molecule has 154 valence electrons. The van der Waals surface area contributed by atoms with E-state index in [9.17, 15) is 14.0 Å². The Hall–Kier alpha value is -3.17. The third kappa shape index (κ3) is 3.46. The van der Waals surface area contributed by atoms with Gasteiger partial charge in [0.1, 0.15) is 28.6 Å². The fourth-order valence-electron chi connectivity index (χ4n) is 3.08. The first-order valence-electron chi connectivity index (χ1n) is 8.70. The van der Waals surface area contributed by atoms with E-state index in [1.807, 2.05) is 0 Å². The maximum absolute atomic E-state index is 14.2. The van der Waals surface area contributed by atoms with Crippen LogP contribution in [-0.2, 0) is 11.3 Å². The summed E-state index contributed by atoms with van der Waals surface area (Å²) in [6.07, 6.45) is 1.24. The van der Waals surface area contributed by atoms with Crippen molar-refractivity contribution >= 4 is 54.8 Å². The molecule has 0 unspecified atom stereocenters. The second-order valence-electron chi connectivity index (χ2n) is 6.31. The smallest absolute Gasteiger partial charge is 0.271 e. The van der Waals surface area contributed by atoms with E-state index in [0.29, 0.717) is 37.8 Å². The van der Waals surface area contributed by atoms with Gasteiger partial charge in [-0.1, -0.05) is 17.7 Å². The summed E-state index contributed by atoms with van der Waals surface area (Å²) in [5.74, 6) is -0.172. The van der Waals surface area contributed by atoms with Crippen LogP contribution in [0, 0.1) is 5.82 Å². The summed E-state index contributed by atoms with van der Waals surface area (Å²) < 4.78 is 26.6. The average molecular weight is 448 g/mol. The van der Waals surface area contributed by atoms with Crippen LogP contribution in [0.3, 0.4) is 0 Å². The Morgan fingerprint density at radius 3 is 2.77 bits per heavy atom. The van der Waals surface area contributed by atoms with E-state index in [1.165, 1.54) is 37.2 Å². The van der Waals surface area contributed by atoms with E-state index in [4.69, 9.17) is 21.1 Å². The number of nitrogens with one attached hydrogen (secondary N) is 1. The van der Waals surface area contributed by atoms with Crippen molar-refractivity contribution in [2.45, 2.75) is 6.54 Å². The number of aromatic nitrogens is 2. The molecule has 0 saturated heterocycles. The number of methoxy groups -OCH3 is 2. The summed E-state index contributed by atoms with van der Waals surface area (Å²) in [5.41, 5.74) is 0.202. The number of halogens is 2. The van der Waals surface area contributed by atoms with E-state index in [2.05, 4.69) is 10.3 Å². The Kier molecular flexibility index (Phi) is 5.31. The third-order valence-electron chi connectivity index (χ3n) is 4.48. The first-order valence-corrected chi connectivity index (χ1v) is 9.90. The standard InChI is InChI=1S/C20H15ClFN3O4S/c1-28-13-7-14(29-2)12(6-10(13)21)24-16(26)8-25-9-23-18-17-11(22)4-3-5-15(17)30-19(18)20(25)27/h3-7,9H,8H2,1-2H3,(H,24,26). The van der Waals surface area contributed by atoms with Crippen LogP contribution >= 0.6 is 22.9 Å². The predicted molar refractivity (Wildman–Crippen MR) is 115 cm³/mol. The second kappa shape index (κ2) is 7.92. The lowest BCUT2D eigenvalue weighted by molar-refractivity contribution is -0.116. The number of carbonyl (C=O) groups excluding carboxylic acids is 1. The van der Waals surface area contributed by atoms with Gasteiger partial charge < -0.3 is 14.8 Å². The minimum Gasteiger partial charge on any atom is -0.495 e. The van der Waals surface area contributed by atoms with Crippen molar-refractivity contribution in [2.75, 3.05) is 19.5 Å². The van der Waals surface area contributed by atoms with Gasteiger partial charge in [-0.2, -0.15) is 0 Å². The minimum atomic E-state index is -0.481. The molecule has 0 aliphatic heterocycles. The van der Waals surface area contributed by atoms with Gasteiger partial charge in [0.15, 0.2) is 0 Å². The van der Waals surface area contributed by atoms with Gasteiger partial charge in [0.2, 0.25) is 5.91 Å². The Balaban J connectivity index is 1.65. The number of anilines is 1. The molecule has 2 aromatic heterocycles. The van der Waals surface area contributed by atoms with E-state index >= 15 is 0 Å². The van der Waals surface area contributed by atoms with Gasteiger partial charge in [-0.15, -0.1) is 11.3 Å². The number of hydrogen-bond donors (Lipinski definition) is 1. The van der Waals surface area contributed by atoms with Crippen molar-refractivity contribution < 1.29 is 18.7 Å². The second-order valence-corrected chi connectivity index (χ2v) is 7.77. The fourth-order valence-corrected chi connectivity index (χ4v) is 4.44. The van der Waals surface area contributed by atoms with Crippen molar-refractivity contribution in [3.8, 4) is 11.5 Å². The van der Waals surface area contributed by atoms with Crippen LogP contribution in [0.4, 0.5) is 10.1 Å². The molecule has 0 spiro atoms. The van der Waals surface area contributed by atoms with E-state index in [1.54, 1.807) is 18.2 Å². The number of hydrogen-bond acceptors (Lipinski definition) is 6. The molecule has 4 aromatic rings. The van der Waals surface area contributed by atoms with Gasteiger partial charge in [0.05, 0.1) is 42.2 Å². The zero-order valence-corrected chi connectivity index (χ0v) is 17.4. The Morgan fingerprint density at radius 1 is 1.27 bits per heavy atom. The van der Waals surface area contributed by atoms with Crippen LogP contribution in [0.15, 0.2) is 41.5 Å². The van der Waals surface area contributed by atoms with Crippen molar-refractivity contribution in [2.24, 2.45) is 0 Å². The molecule has 7 nitrogen and oxygen atoms in total. The van der Waals surface area contributed by atoms with Gasteiger partial charge in [-0.25, -0.2) is 9.37 Å². The molecule has 0 atom stereocenters. The molecule has 1 amide bonds. The topological polar surface area (TPSA) is 82.4 Å². The highest BCUT2D eigenvalue weighted by Gasteiger charge is 2.17. The zero-order chi connectivity index (χ0) is 21.4. The van der Waals surface area contributed by atoms with Gasteiger partial charge >= 0.3 is 0 Å². The van der Waals surface area contributed by atoms with Gasteiger partial charge in [0, 0.05) is 10.8 Å². The molecule has 0 fully saturated rings. The van der Waals surface area contributed by atoms with E-state index in [0.717, 1.165) is 11.3 Å². The number of amides is 1. The Morgan fingerprint density at radius 2 is 2.03 bits per heavy atom. The summed E-state index contributed by atoms with van der Waals surface area (Å²) >= 11 is 7.26. The lowest BCUT2D eigenvalue weighted by atomic mass is 10.2. The molecule has 4 rings (SSSR count). The maximum atomic E-state index is 14.2. The molecule has 1 N–H and O–H groups in total. The summed E-state index contributed by atoms with van der Waals surface area (Å²) in [7, 11) is 2.91. The quantitative estimate of drug-likeness (QED) is 0.499. The number of thiophene rings is 1. The largest absolute Gasteiger partial charge is 0.495 e. The van der Waals surface area contributed by atoms with E-state index in [-0.39, 0.29) is 11.2 Å². The summed E-state index contributed by atoms with van der Waals surface area (Å²) in [5, 5.41) is 3.27. The summed E-state index contributed by atoms with van der Waals surface area (Å²) in [6, 6.07) is 7.66. The number of carbonyl (C=O) groups is 1. The molecule has 30 heavy (non-hydrogen) atoms. The SMILES string of the molecule is COc1cc(OC)c(NC(=O)Cn2cnc3c(sc4cccc(F)c43)c2=O)cc1Cl. The van der Waals surface area contributed by atoms with Gasteiger partial charge in [-0.3, -0.25) is 14.2 Å². The maximum Gasteiger partial charge on any atom is 0.271 e. The molecule has 0 aliphatic rings. The molecular formula is C20H15ClFN3O4S. The predicted octanol–water partition coefficient (Wildman–Crippen LogP) is 4.06. The number of benzene rings is 2. The highest BCUT2D eigenvalue weighted by atomic mass is 35.5. The molecule has 0 saturated carbocycles. The Bertz CT molecular complexity index is 1350. The fraction of sp³-hybridized carbons (Fsp3) is 0.150. The van der Waals surface area contributed by atoms with Crippen LogP contribution in [0.25, 0.3) is 20.3 Å². The highest BCUT2D eigenvalue weighted by molar-refractivity contribution is 7.25. The monoisotopic (exact) mass is 447 g/mol. The number of fused-ring (bicyclic) bond motifs is 3. The van der Waals surface area contributed by atoms with Crippen molar-refractivity contribution in [3.63, 3.8) is 0 Å². The van der Waals surface area contributed by atoms with Crippen molar-refractivity contribution in [1.29, 1.82) is 0 Å². The van der Waals surface area contributed by atoms with Gasteiger partial charge in [0.25, 0.3) is 5.56 Å². The van der Waals surface area contributed by atoms with Crippen LogP contribution in [0.1, 0.15) is 0 Å². The van der Waals surface area contributed by atoms with Crippen LogP contribution < -0.4 is 20.3 Å².